The summed E-state index contributed by atoms with van der Waals surface area (Å²) in [4.78, 5) is 23.3. The Labute approximate surface area is 114 Å². The first-order valence-electron chi connectivity index (χ1n) is 6.17. The highest BCUT2D eigenvalue weighted by Gasteiger charge is 2.63. The van der Waals surface area contributed by atoms with Gasteiger partial charge in [0.25, 0.3) is 0 Å². The van der Waals surface area contributed by atoms with Crippen LogP contribution in [0.4, 0.5) is 0 Å². The molecule has 2 bridgehead atoms. The predicted molar refractivity (Wildman–Crippen MR) is 67.6 cm³/mol. The molecule has 0 aromatic heterocycles. The maximum atomic E-state index is 11.8. The third kappa shape index (κ3) is 1.69. The Kier molecular flexibility index (Phi) is 2.83. The van der Waals surface area contributed by atoms with Crippen LogP contribution in [0.15, 0.2) is 0 Å². The van der Waals surface area contributed by atoms with Crippen molar-refractivity contribution < 1.29 is 19.1 Å². The van der Waals surface area contributed by atoms with Gasteiger partial charge in [-0.15, -0.1) is 0 Å². The van der Waals surface area contributed by atoms with Crippen LogP contribution in [0.3, 0.4) is 0 Å². The highest BCUT2D eigenvalue weighted by molar-refractivity contribution is 14.1. The van der Waals surface area contributed by atoms with Gasteiger partial charge in [-0.25, -0.2) is 0 Å². The molecule has 0 aromatic rings. The highest BCUT2D eigenvalue weighted by atomic mass is 127. The molecule has 3 aliphatic rings. The van der Waals surface area contributed by atoms with Crippen molar-refractivity contribution in [1.29, 1.82) is 0 Å². The summed E-state index contributed by atoms with van der Waals surface area (Å²) in [6.45, 7) is 1.96. The molecular weight excluding hydrogens is 335 g/mol. The highest BCUT2D eigenvalue weighted by Crippen LogP contribution is 2.55. The normalized spacial score (nSPS) is 43.6. The SMILES string of the molecule is CCC(I)C(=O)OC1C2CC3C(=O)O[C@@H]1C3C2. The summed E-state index contributed by atoms with van der Waals surface area (Å²) in [5.41, 5.74) is 0. The summed E-state index contributed by atoms with van der Waals surface area (Å²) in [6.07, 6.45) is 2.26. The second-order valence-corrected chi connectivity index (χ2v) is 6.68. The second kappa shape index (κ2) is 4.10. The number of ether oxygens (including phenoxy) is 2. The van der Waals surface area contributed by atoms with E-state index in [0.717, 1.165) is 19.3 Å². The van der Waals surface area contributed by atoms with E-state index in [1.807, 2.05) is 6.92 Å². The Bertz CT molecular complexity index is 370. The van der Waals surface area contributed by atoms with Crippen molar-refractivity contribution in [2.24, 2.45) is 17.8 Å². The first-order valence-corrected chi connectivity index (χ1v) is 7.41. The monoisotopic (exact) mass is 350 g/mol. The van der Waals surface area contributed by atoms with Gasteiger partial charge in [0.2, 0.25) is 0 Å². The first kappa shape index (κ1) is 11.7. The van der Waals surface area contributed by atoms with Crippen molar-refractivity contribution in [2.75, 3.05) is 0 Å². The summed E-state index contributed by atoms with van der Waals surface area (Å²) in [5.74, 6) is 0.486. The van der Waals surface area contributed by atoms with Crippen LogP contribution in [0, 0.1) is 17.8 Å². The van der Waals surface area contributed by atoms with Crippen molar-refractivity contribution in [2.45, 2.75) is 42.3 Å². The van der Waals surface area contributed by atoms with Crippen LogP contribution in [-0.4, -0.2) is 28.1 Å². The lowest BCUT2D eigenvalue weighted by Gasteiger charge is -2.26. The molecule has 94 valence electrons. The Morgan fingerprint density at radius 3 is 3.06 bits per heavy atom. The molecule has 2 saturated carbocycles. The number of hydrogen-bond donors (Lipinski definition) is 0. The minimum Gasteiger partial charge on any atom is -0.458 e. The fourth-order valence-electron chi connectivity index (χ4n) is 3.44. The van der Waals surface area contributed by atoms with Crippen LogP contribution in [0.25, 0.3) is 0 Å². The zero-order valence-corrected chi connectivity index (χ0v) is 11.8. The summed E-state index contributed by atoms with van der Waals surface area (Å²) >= 11 is 2.10. The van der Waals surface area contributed by atoms with Crippen LogP contribution in [0.2, 0.25) is 0 Å². The summed E-state index contributed by atoms with van der Waals surface area (Å²) in [6, 6.07) is 0. The third-order valence-electron chi connectivity index (χ3n) is 4.28. The van der Waals surface area contributed by atoms with Gasteiger partial charge >= 0.3 is 11.9 Å². The average molecular weight is 350 g/mol. The zero-order chi connectivity index (χ0) is 12.2. The van der Waals surface area contributed by atoms with Gasteiger partial charge in [-0.3, -0.25) is 9.59 Å². The van der Waals surface area contributed by atoms with E-state index in [9.17, 15) is 9.59 Å². The molecule has 1 aliphatic heterocycles. The lowest BCUT2D eigenvalue weighted by molar-refractivity contribution is -0.160. The van der Waals surface area contributed by atoms with Gasteiger partial charge in [-0.2, -0.15) is 0 Å². The maximum Gasteiger partial charge on any atom is 0.319 e. The number of fused-ring (bicyclic) bond motifs is 1. The van der Waals surface area contributed by atoms with E-state index in [4.69, 9.17) is 9.47 Å². The third-order valence-corrected chi connectivity index (χ3v) is 5.67. The van der Waals surface area contributed by atoms with Crippen molar-refractivity contribution in [1.82, 2.24) is 0 Å². The minimum atomic E-state index is -0.181. The topological polar surface area (TPSA) is 52.6 Å². The lowest BCUT2D eigenvalue weighted by atomic mass is 9.88. The molecule has 3 rings (SSSR count). The molecule has 0 amide bonds. The number of rotatable bonds is 3. The van der Waals surface area contributed by atoms with E-state index in [0.29, 0.717) is 11.8 Å². The van der Waals surface area contributed by atoms with Crippen LogP contribution in [-0.2, 0) is 19.1 Å². The van der Waals surface area contributed by atoms with E-state index in [1.165, 1.54) is 0 Å². The average Bonchev–Trinajstić information content (AvgIpc) is 2.92. The molecule has 0 N–H and O–H groups in total. The molecule has 1 saturated heterocycles. The molecule has 2 aliphatic carbocycles. The smallest absolute Gasteiger partial charge is 0.319 e. The van der Waals surface area contributed by atoms with Crippen molar-refractivity contribution in [3.63, 3.8) is 0 Å². The Morgan fingerprint density at radius 1 is 1.59 bits per heavy atom. The Hall–Kier alpha value is -0.330. The van der Waals surface area contributed by atoms with E-state index >= 15 is 0 Å². The lowest BCUT2D eigenvalue weighted by Crippen LogP contribution is -2.37. The molecule has 1 heterocycles. The fourth-order valence-corrected chi connectivity index (χ4v) is 3.59. The molecule has 5 heteroatoms. The summed E-state index contributed by atoms with van der Waals surface area (Å²) < 4.78 is 10.8. The van der Waals surface area contributed by atoms with Crippen LogP contribution >= 0.6 is 22.6 Å². The molecule has 4 nitrogen and oxygen atoms in total. The van der Waals surface area contributed by atoms with Gasteiger partial charge in [0.05, 0.1) is 5.92 Å². The second-order valence-electron chi connectivity index (χ2n) is 5.18. The number of carbonyl (C=O) groups excluding carboxylic acids is 2. The number of esters is 2. The molecule has 3 fully saturated rings. The first-order chi connectivity index (χ1) is 8.11. The fraction of sp³-hybridized carbons (Fsp3) is 0.833. The van der Waals surface area contributed by atoms with E-state index < -0.39 is 0 Å². The largest absolute Gasteiger partial charge is 0.458 e. The van der Waals surface area contributed by atoms with E-state index in [2.05, 4.69) is 22.6 Å². The van der Waals surface area contributed by atoms with Crippen LogP contribution in [0.1, 0.15) is 26.2 Å². The standard InChI is InChI=1S/C12H15IO4/c1-2-8(13)12(15)16-9-5-3-6-7(4-5)11(14)17-10(6)9/h5-10H,2-4H2,1H3/t5?,6?,7?,8?,9?,10-/m1/s1. The summed E-state index contributed by atoms with van der Waals surface area (Å²) in [5, 5.41) is 0. The number of halogens is 1. The molecule has 17 heavy (non-hydrogen) atoms. The van der Waals surface area contributed by atoms with Gasteiger partial charge in [-0.1, -0.05) is 29.5 Å². The van der Waals surface area contributed by atoms with Gasteiger partial charge < -0.3 is 9.47 Å². The van der Waals surface area contributed by atoms with Crippen molar-refractivity contribution in [3.05, 3.63) is 0 Å². The summed E-state index contributed by atoms with van der Waals surface area (Å²) in [7, 11) is 0. The van der Waals surface area contributed by atoms with Gasteiger partial charge in [-0.05, 0) is 19.3 Å². The Balaban J connectivity index is 1.70. The van der Waals surface area contributed by atoms with Crippen molar-refractivity contribution >= 4 is 34.5 Å². The van der Waals surface area contributed by atoms with Crippen LogP contribution in [0.5, 0.6) is 0 Å². The Morgan fingerprint density at radius 2 is 2.35 bits per heavy atom. The van der Waals surface area contributed by atoms with Gasteiger partial charge in [0.15, 0.2) is 0 Å². The zero-order valence-electron chi connectivity index (χ0n) is 9.60. The van der Waals surface area contributed by atoms with Gasteiger partial charge in [0, 0.05) is 11.8 Å². The quantitative estimate of drug-likeness (QED) is 0.442. The maximum absolute atomic E-state index is 11.8. The number of alkyl halides is 1. The number of carbonyl (C=O) groups is 2. The molecule has 5 unspecified atom stereocenters. The molecule has 6 atom stereocenters. The van der Waals surface area contributed by atoms with Crippen molar-refractivity contribution in [3.8, 4) is 0 Å². The number of hydrogen-bond acceptors (Lipinski definition) is 4. The predicted octanol–water partition coefficient (Wildman–Crippen LogP) is 1.69. The van der Waals surface area contributed by atoms with E-state index in [-0.39, 0.29) is 34.0 Å². The van der Waals surface area contributed by atoms with Crippen LogP contribution < -0.4 is 0 Å². The van der Waals surface area contributed by atoms with E-state index in [1.54, 1.807) is 0 Å². The minimum absolute atomic E-state index is 0.0810. The molecule has 0 spiro atoms. The van der Waals surface area contributed by atoms with Gasteiger partial charge in [0.1, 0.15) is 16.1 Å². The molecule has 0 aromatic carbocycles. The molecular formula is C12H15IO4. The molecule has 0 radical (unpaired) electrons.